The van der Waals surface area contributed by atoms with Crippen LogP contribution in [0, 0.1) is 0 Å². The second-order valence-corrected chi connectivity index (χ2v) is 3.32. The van der Waals surface area contributed by atoms with Gasteiger partial charge in [0, 0.05) is 0 Å². The minimum atomic E-state index is 0. The third-order valence-corrected chi connectivity index (χ3v) is 2.12. The molecule has 7 heteroatoms. The van der Waals surface area contributed by atoms with Crippen molar-refractivity contribution in [2.24, 2.45) is 5.84 Å². The lowest BCUT2D eigenvalue weighted by Gasteiger charge is -2.16. The van der Waals surface area contributed by atoms with Gasteiger partial charge in [0.25, 0.3) is 5.17 Å². The van der Waals surface area contributed by atoms with Crippen LogP contribution in [-0.4, -0.2) is 17.3 Å². The number of aromatic nitrogens is 1. The van der Waals surface area contributed by atoms with Crippen molar-refractivity contribution in [2.75, 3.05) is 12.1 Å². The summed E-state index contributed by atoms with van der Waals surface area (Å²) in [6.45, 7) is 0. The number of nitrogens with two attached hydrogens (primary N) is 1. The van der Waals surface area contributed by atoms with Crippen molar-refractivity contribution < 1.29 is 4.74 Å². The predicted octanol–water partition coefficient (Wildman–Crippen LogP) is 2.07. The first-order valence-corrected chi connectivity index (χ1v) is 4.60. The molecule has 0 aliphatic carbocycles. The smallest absolute Gasteiger partial charge is 0.279 e. The summed E-state index contributed by atoms with van der Waals surface area (Å²) in [6, 6.07) is 5.34. The molecule has 0 aromatic carbocycles. The van der Waals surface area contributed by atoms with Crippen molar-refractivity contribution in [3.8, 4) is 0 Å². The molecule has 1 aromatic heterocycles. The van der Waals surface area contributed by atoms with Crippen LogP contribution in [0.4, 0.5) is 5.82 Å². The van der Waals surface area contributed by atoms with E-state index in [1.54, 1.807) is 12.1 Å². The highest BCUT2D eigenvalue weighted by molar-refractivity contribution is 14.0. The van der Waals surface area contributed by atoms with Gasteiger partial charge in [0.15, 0.2) is 5.82 Å². The molecule has 0 unspecified atom stereocenters. The summed E-state index contributed by atoms with van der Waals surface area (Å²) in [7, 11) is 1.46. The molecule has 0 amide bonds. The van der Waals surface area contributed by atoms with Gasteiger partial charge >= 0.3 is 0 Å². The predicted molar refractivity (Wildman–Crippen MR) is 73.6 cm³/mol. The number of methoxy groups -OCH3 is 1. The quantitative estimate of drug-likeness (QED) is 0.262. The second kappa shape index (κ2) is 6.49. The molecule has 0 bridgehead atoms. The summed E-state index contributed by atoms with van der Waals surface area (Å²) >= 11 is 8.05. The fraction of sp³-hybridized carbons (Fsp3) is 0.143. The number of hydrazine groups is 1. The summed E-state index contributed by atoms with van der Waals surface area (Å²) in [5.41, 5.74) is 0. The second-order valence-electron chi connectivity index (χ2n) is 2.16. The molecule has 0 radical (unpaired) electrons. The Morgan fingerprint density at radius 1 is 1.64 bits per heavy atom. The first-order valence-electron chi connectivity index (χ1n) is 3.40. The fourth-order valence-corrected chi connectivity index (χ4v) is 1.15. The summed E-state index contributed by atoms with van der Waals surface area (Å²) in [6.07, 6.45) is 0. The molecule has 0 aliphatic rings. The molecule has 0 spiro atoms. The highest BCUT2D eigenvalue weighted by atomic mass is 127. The van der Waals surface area contributed by atoms with Crippen LogP contribution >= 0.6 is 52.1 Å². The molecule has 0 saturated heterocycles. The number of ether oxygens (including phenoxy) is 1. The van der Waals surface area contributed by atoms with Gasteiger partial charge in [-0.25, -0.2) is 15.8 Å². The van der Waals surface area contributed by atoms with E-state index in [4.69, 9.17) is 22.8 Å². The van der Waals surface area contributed by atoms with Crippen LogP contribution in [0.1, 0.15) is 0 Å². The van der Waals surface area contributed by atoms with E-state index in [0.717, 1.165) is 0 Å². The fourth-order valence-electron chi connectivity index (χ4n) is 0.724. The van der Waals surface area contributed by atoms with Gasteiger partial charge in [-0.2, -0.15) is 0 Å². The minimum absolute atomic E-state index is 0. The van der Waals surface area contributed by atoms with Crippen molar-refractivity contribution in [2.45, 2.75) is 0 Å². The maximum atomic E-state index is 5.60. The Hall–Kier alpha value is 0.0100. The minimum Gasteiger partial charge on any atom is -0.473 e. The Kier molecular flexibility index (Phi) is 6.49. The number of pyridine rings is 1. The molecule has 0 saturated carbocycles. The number of anilines is 1. The van der Waals surface area contributed by atoms with Crippen LogP contribution in [-0.2, 0) is 4.74 Å². The SMILES string of the molecule is COC(=S)N(N)c1cccc(Br)n1.I. The van der Waals surface area contributed by atoms with Crippen molar-refractivity contribution in [3.63, 3.8) is 0 Å². The van der Waals surface area contributed by atoms with E-state index >= 15 is 0 Å². The van der Waals surface area contributed by atoms with Crippen molar-refractivity contribution in [1.82, 2.24) is 4.98 Å². The van der Waals surface area contributed by atoms with Crippen LogP contribution in [0.2, 0.25) is 0 Å². The molecule has 0 aliphatic heterocycles. The van der Waals surface area contributed by atoms with Crippen LogP contribution in [0.15, 0.2) is 22.8 Å². The molecule has 0 fully saturated rings. The van der Waals surface area contributed by atoms with Gasteiger partial charge in [-0.15, -0.1) is 24.0 Å². The maximum Gasteiger partial charge on any atom is 0.279 e. The van der Waals surface area contributed by atoms with E-state index in [0.29, 0.717) is 10.4 Å². The third-order valence-electron chi connectivity index (χ3n) is 1.32. The average molecular weight is 390 g/mol. The van der Waals surface area contributed by atoms with E-state index < -0.39 is 0 Å². The van der Waals surface area contributed by atoms with E-state index in [9.17, 15) is 0 Å². The van der Waals surface area contributed by atoms with Crippen LogP contribution in [0.25, 0.3) is 0 Å². The van der Waals surface area contributed by atoms with Crippen molar-refractivity contribution in [3.05, 3.63) is 22.8 Å². The first-order chi connectivity index (χ1) is 6.15. The van der Waals surface area contributed by atoms with Crippen LogP contribution in [0.5, 0.6) is 0 Å². The van der Waals surface area contributed by atoms with Crippen molar-refractivity contribution >= 4 is 63.1 Å². The maximum absolute atomic E-state index is 5.60. The lowest BCUT2D eigenvalue weighted by atomic mass is 10.5. The Labute approximate surface area is 113 Å². The summed E-state index contributed by atoms with van der Waals surface area (Å²) in [5, 5.41) is 1.37. The first kappa shape index (κ1) is 14.0. The van der Waals surface area contributed by atoms with E-state index in [1.807, 2.05) is 6.07 Å². The van der Waals surface area contributed by atoms with Gasteiger partial charge in [-0.1, -0.05) is 6.07 Å². The Bertz CT molecular complexity index is 326. The van der Waals surface area contributed by atoms with E-state index in [1.165, 1.54) is 12.1 Å². The average Bonchev–Trinajstić information content (AvgIpc) is 2.15. The van der Waals surface area contributed by atoms with Gasteiger partial charge in [0.2, 0.25) is 0 Å². The van der Waals surface area contributed by atoms with E-state index in [-0.39, 0.29) is 29.2 Å². The van der Waals surface area contributed by atoms with Crippen LogP contribution in [0.3, 0.4) is 0 Å². The van der Waals surface area contributed by atoms with Gasteiger partial charge in [-0.3, -0.25) is 0 Å². The monoisotopic (exact) mass is 389 g/mol. The summed E-state index contributed by atoms with van der Waals surface area (Å²) in [5.74, 6) is 6.13. The van der Waals surface area contributed by atoms with E-state index in [2.05, 4.69) is 20.9 Å². The normalized spacial score (nSPS) is 8.79. The Balaban J connectivity index is 0.00000169. The topological polar surface area (TPSA) is 51.4 Å². The largest absolute Gasteiger partial charge is 0.473 e. The number of thiocarbonyl (C=S) groups is 1. The highest BCUT2D eigenvalue weighted by Gasteiger charge is 2.08. The molecule has 0 atom stereocenters. The Morgan fingerprint density at radius 2 is 2.29 bits per heavy atom. The van der Waals surface area contributed by atoms with Gasteiger partial charge < -0.3 is 4.74 Å². The molecular weight excluding hydrogens is 381 g/mol. The van der Waals surface area contributed by atoms with Gasteiger partial charge in [0.05, 0.1) is 7.11 Å². The zero-order valence-electron chi connectivity index (χ0n) is 7.31. The van der Waals surface area contributed by atoms with Gasteiger partial charge in [-0.05, 0) is 40.3 Å². The van der Waals surface area contributed by atoms with Crippen molar-refractivity contribution in [1.29, 1.82) is 0 Å². The van der Waals surface area contributed by atoms with Crippen LogP contribution < -0.4 is 10.9 Å². The van der Waals surface area contributed by atoms with Gasteiger partial charge in [0.1, 0.15) is 4.60 Å². The molecule has 78 valence electrons. The third kappa shape index (κ3) is 3.64. The summed E-state index contributed by atoms with van der Waals surface area (Å²) in [4.78, 5) is 4.09. The zero-order chi connectivity index (χ0) is 9.84. The Morgan fingerprint density at radius 3 is 2.79 bits per heavy atom. The summed E-state index contributed by atoms with van der Waals surface area (Å²) < 4.78 is 5.48. The lowest BCUT2D eigenvalue weighted by Crippen LogP contribution is -2.37. The lowest BCUT2D eigenvalue weighted by molar-refractivity contribution is 0.403. The zero-order valence-corrected chi connectivity index (χ0v) is 12.0. The molecule has 2 N–H and O–H groups in total. The highest BCUT2D eigenvalue weighted by Crippen LogP contribution is 2.12. The molecular formula is C7H9BrIN3OS. The molecule has 14 heavy (non-hydrogen) atoms. The molecule has 4 nitrogen and oxygen atoms in total. The molecule has 1 heterocycles. The standard InChI is InChI=1S/C7H8BrN3OS.HI/c1-12-7(13)11(9)6-4-2-3-5(8)10-6;/h2-4H,9H2,1H3;1H. The number of nitrogens with zero attached hydrogens (tertiary/aromatic N) is 2. The number of hydrogen-bond donors (Lipinski definition) is 1. The molecule has 1 rings (SSSR count). The molecule has 1 aromatic rings. The number of rotatable bonds is 1. The number of halogens is 2. The number of hydrogen-bond acceptors (Lipinski definition) is 4.